The van der Waals surface area contributed by atoms with Gasteiger partial charge in [-0.05, 0) is 36.8 Å². The van der Waals surface area contributed by atoms with Crippen molar-refractivity contribution in [2.75, 3.05) is 0 Å². The predicted molar refractivity (Wildman–Crippen MR) is 74.9 cm³/mol. The molecule has 1 N–H and O–H groups in total. The number of hydrogen-bond donors (Lipinski definition) is 1. The van der Waals surface area contributed by atoms with Gasteiger partial charge in [-0.25, -0.2) is 4.79 Å². The van der Waals surface area contributed by atoms with Crippen molar-refractivity contribution < 1.29 is 14.5 Å². The number of nitrogens with zero attached hydrogens (tertiary/aromatic N) is 2. The zero-order valence-corrected chi connectivity index (χ0v) is 11.3. The molecule has 1 aromatic carbocycles. The van der Waals surface area contributed by atoms with Crippen molar-refractivity contribution in [3.63, 3.8) is 0 Å². The number of non-ortho nitro benzene ring substituents is 1. The smallest absolute Gasteiger partial charge is 0.410 e. The fraction of sp³-hybridized carbons (Fsp3) is 0.143. The number of carbonyl (C=O) groups excluding carboxylic acids is 1. The minimum absolute atomic E-state index is 0.0602. The van der Waals surface area contributed by atoms with Crippen molar-refractivity contribution in [3.8, 4) is 5.75 Å². The minimum Gasteiger partial charge on any atom is -0.410 e. The van der Waals surface area contributed by atoms with Crippen LogP contribution in [0.25, 0.3) is 0 Å². The van der Waals surface area contributed by atoms with E-state index in [1.807, 2.05) is 13.0 Å². The molecule has 7 heteroatoms. The molecule has 21 heavy (non-hydrogen) atoms. The second-order valence-corrected chi connectivity index (χ2v) is 4.30. The Hall–Kier alpha value is -2.96. The molecule has 1 heterocycles. The quantitative estimate of drug-likeness (QED) is 0.689. The Kier molecular flexibility index (Phi) is 4.45. The first-order chi connectivity index (χ1) is 10.0. The first-order valence-corrected chi connectivity index (χ1v) is 6.16. The van der Waals surface area contributed by atoms with Gasteiger partial charge in [0.15, 0.2) is 0 Å². The van der Waals surface area contributed by atoms with Crippen LogP contribution < -0.4 is 10.1 Å². The summed E-state index contributed by atoms with van der Waals surface area (Å²) >= 11 is 0. The van der Waals surface area contributed by atoms with Crippen LogP contribution in [-0.4, -0.2) is 16.0 Å². The van der Waals surface area contributed by atoms with Gasteiger partial charge in [-0.2, -0.15) is 0 Å². The molecule has 0 saturated carbocycles. The third-order valence-corrected chi connectivity index (χ3v) is 2.66. The van der Waals surface area contributed by atoms with Crippen molar-refractivity contribution in [2.45, 2.75) is 13.5 Å². The number of ether oxygens (including phenoxy) is 1. The van der Waals surface area contributed by atoms with E-state index in [1.54, 1.807) is 12.3 Å². The Morgan fingerprint density at radius 3 is 2.67 bits per heavy atom. The van der Waals surface area contributed by atoms with E-state index >= 15 is 0 Å². The van der Waals surface area contributed by atoms with Gasteiger partial charge in [0.1, 0.15) is 5.75 Å². The summed E-state index contributed by atoms with van der Waals surface area (Å²) in [6.07, 6.45) is 1.03. The molecule has 108 valence electrons. The molecule has 0 atom stereocenters. The third kappa shape index (κ3) is 4.27. The number of rotatable bonds is 4. The summed E-state index contributed by atoms with van der Waals surface area (Å²) in [7, 11) is 0. The average molecular weight is 287 g/mol. The van der Waals surface area contributed by atoms with Gasteiger partial charge in [0, 0.05) is 30.6 Å². The summed E-state index contributed by atoms with van der Waals surface area (Å²) in [4.78, 5) is 25.6. The first kappa shape index (κ1) is 14.4. The van der Waals surface area contributed by atoms with Crippen LogP contribution in [0.15, 0.2) is 42.6 Å². The van der Waals surface area contributed by atoms with Gasteiger partial charge < -0.3 is 10.1 Å². The minimum atomic E-state index is -0.627. The number of aromatic nitrogens is 1. The molecule has 0 bridgehead atoms. The molecule has 0 fully saturated rings. The SMILES string of the molecule is Cc1cc(CNC(=O)Oc2ccc([N+](=O)[O-])cc2)ccn1. The molecule has 0 saturated heterocycles. The molecule has 0 spiro atoms. The largest absolute Gasteiger partial charge is 0.412 e. The van der Waals surface area contributed by atoms with Crippen molar-refractivity contribution in [1.82, 2.24) is 10.3 Å². The van der Waals surface area contributed by atoms with Crippen LogP contribution in [0.1, 0.15) is 11.3 Å². The van der Waals surface area contributed by atoms with E-state index in [0.717, 1.165) is 11.3 Å². The van der Waals surface area contributed by atoms with Gasteiger partial charge in [-0.3, -0.25) is 15.1 Å². The third-order valence-electron chi connectivity index (χ3n) is 2.66. The molecule has 7 nitrogen and oxygen atoms in total. The molecular weight excluding hydrogens is 274 g/mol. The highest BCUT2D eigenvalue weighted by Gasteiger charge is 2.08. The van der Waals surface area contributed by atoms with Gasteiger partial charge in [0.25, 0.3) is 5.69 Å². The Labute approximate surface area is 120 Å². The molecule has 2 rings (SSSR count). The maximum Gasteiger partial charge on any atom is 0.412 e. The lowest BCUT2D eigenvalue weighted by Gasteiger charge is -2.06. The second kappa shape index (κ2) is 6.47. The number of nitro benzene ring substituents is 1. The van der Waals surface area contributed by atoms with Crippen LogP contribution in [0.2, 0.25) is 0 Å². The molecule has 0 unspecified atom stereocenters. The van der Waals surface area contributed by atoms with E-state index in [2.05, 4.69) is 10.3 Å². The molecule has 0 aliphatic rings. The molecule has 1 aromatic heterocycles. The van der Waals surface area contributed by atoms with E-state index < -0.39 is 11.0 Å². The first-order valence-electron chi connectivity index (χ1n) is 6.16. The van der Waals surface area contributed by atoms with Gasteiger partial charge >= 0.3 is 6.09 Å². The maximum atomic E-state index is 11.6. The molecule has 0 aliphatic carbocycles. The summed E-state index contributed by atoms with van der Waals surface area (Å²) in [5.41, 5.74) is 1.70. The lowest BCUT2D eigenvalue weighted by molar-refractivity contribution is -0.384. The number of benzene rings is 1. The number of pyridine rings is 1. The fourth-order valence-electron chi connectivity index (χ4n) is 1.67. The molecule has 0 radical (unpaired) electrons. The monoisotopic (exact) mass is 287 g/mol. The van der Waals surface area contributed by atoms with Crippen molar-refractivity contribution in [1.29, 1.82) is 0 Å². The summed E-state index contributed by atoms with van der Waals surface area (Å²) in [6.45, 7) is 2.17. The highest BCUT2D eigenvalue weighted by Crippen LogP contribution is 2.17. The molecular formula is C14H13N3O4. The van der Waals surface area contributed by atoms with Crippen LogP contribution >= 0.6 is 0 Å². The van der Waals surface area contributed by atoms with Crippen LogP contribution in [0.3, 0.4) is 0 Å². The topological polar surface area (TPSA) is 94.4 Å². The van der Waals surface area contributed by atoms with Crippen LogP contribution in [0.5, 0.6) is 5.75 Å². The number of hydrogen-bond acceptors (Lipinski definition) is 5. The lowest BCUT2D eigenvalue weighted by Crippen LogP contribution is -2.26. The highest BCUT2D eigenvalue weighted by atomic mass is 16.6. The zero-order chi connectivity index (χ0) is 15.2. The Morgan fingerprint density at radius 2 is 2.05 bits per heavy atom. The van der Waals surface area contributed by atoms with Crippen LogP contribution in [-0.2, 0) is 6.54 Å². The normalized spacial score (nSPS) is 9.95. The van der Waals surface area contributed by atoms with E-state index in [-0.39, 0.29) is 11.4 Å². The molecule has 2 aromatic rings. The number of amides is 1. The average Bonchev–Trinajstić information content (AvgIpc) is 2.46. The number of aryl methyl sites for hydroxylation is 1. The van der Waals surface area contributed by atoms with Crippen LogP contribution in [0, 0.1) is 17.0 Å². The predicted octanol–water partition coefficient (Wildman–Crippen LogP) is 2.59. The van der Waals surface area contributed by atoms with Crippen LogP contribution in [0.4, 0.5) is 10.5 Å². The van der Waals surface area contributed by atoms with Gasteiger partial charge in [-0.1, -0.05) is 0 Å². The van der Waals surface area contributed by atoms with Crippen molar-refractivity contribution in [2.24, 2.45) is 0 Å². The maximum absolute atomic E-state index is 11.6. The van der Waals surface area contributed by atoms with Gasteiger partial charge in [-0.15, -0.1) is 0 Å². The van der Waals surface area contributed by atoms with E-state index in [9.17, 15) is 14.9 Å². The Balaban J connectivity index is 1.88. The van der Waals surface area contributed by atoms with Crippen molar-refractivity contribution in [3.05, 3.63) is 64.0 Å². The Morgan fingerprint density at radius 1 is 1.33 bits per heavy atom. The zero-order valence-electron chi connectivity index (χ0n) is 11.3. The Bertz CT molecular complexity index is 656. The number of nitro groups is 1. The molecule has 1 amide bonds. The highest BCUT2D eigenvalue weighted by molar-refractivity contribution is 5.70. The van der Waals surface area contributed by atoms with Crippen molar-refractivity contribution >= 4 is 11.8 Å². The van der Waals surface area contributed by atoms with Gasteiger partial charge in [0.05, 0.1) is 4.92 Å². The summed E-state index contributed by atoms with van der Waals surface area (Å²) in [5, 5.41) is 13.1. The standard InChI is InChI=1S/C14H13N3O4/c1-10-8-11(6-7-15-10)9-16-14(18)21-13-4-2-12(3-5-13)17(19)20/h2-8H,9H2,1H3,(H,16,18). The lowest BCUT2D eigenvalue weighted by atomic mass is 10.2. The number of carbonyl (C=O) groups is 1. The molecule has 0 aliphatic heterocycles. The van der Waals surface area contributed by atoms with E-state index in [4.69, 9.17) is 4.74 Å². The summed E-state index contributed by atoms with van der Waals surface area (Å²) in [5.74, 6) is 0.240. The second-order valence-electron chi connectivity index (χ2n) is 4.30. The van der Waals surface area contributed by atoms with E-state index in [0.29, 0.717) is 6.54 Å². The van der Waals surface area contributed by atoms with Gasteiger partial charge in [0.2, 0.25) is 0 Å². The fourth-order valence-corrected chi connectivity index (χ4v) is 1.67. The number of nitrogens with one attached hydrogen (secondary N) is 1. The summed E-state index contributed by atoms with van der Waals surface area (Å²) in [6, 6.07) is 8.93. The van der Waals surface area contributed by atoms with E-state index in [1.165, 1.54) is 24.3 Å². The summed E-state index contributed by atoms with van der Waals surface area (Å²) < 4.78 is 5.01.